The molecular weight excluding hydrogens is 256 g/mol. The lowest BCUT2D eigenvalue weighted by molar-refractivity contribution is 0.0636. The predicted molar refractivity (Wildman–Crippen MR) is 76.9 cm³/mol. The molecule has 5 heteroatoms. The summed E-state index contributed by atoms with van der Waals surface area (Å²) in [5.74, 6) is 0.414. The Morgan fingerprint density at radius 3 is 3.00 bits per heavy atom. The second-order valence-corrected chi connectivity index (χ2v) is 5.45. The summed E-state index contributed by atoms with van der Waals surface area (Å²) in [6, 6.07) is 2.88. The molecule has 110 valence electrons. The number of nitrogens with zero attached hydrogens (tertiary/aromatic N) is 1. The fraction of sp³-hybridized carbons (Fsp3) is 0.600. The molecule has 0 aromatic carbocycles. The van der Waals surface area contributed by atoms with E-state index in [0.717, 1.165) is 39.0 Å². The van der Waals surface area contributed by atoms with Crippen molar-refractivity contribution in [1.29, 1.82) is 0 Å². The van der Waals surface area contributed by atoms with Crippen LogP contribution in [0.5, 0.6) is 0 Å². The Hall–Kier alpha value is -1.62. The zero-order valence-electron chi connectivity index (χ0n) is 12.1. The molecule has 0 unspecified atom stereocenters. The van der Waals surface area contributed by atoms with Crippen molar-refractivity contribution >= 4 is 5.91 Å². The van der Waals surface area contributed by atoms with Crippen molar-refractivity contribution < 1.29 is 9.53 Å². The Morgan fingerprint density at radius 1 is 1.50 bits per heavy atom. The van der Waals surface area contributed by atoms with E-state index in [4.69, 9.17) is 4.74 Å². The predicted octanol–water partition coefficient (Wildman–Crippen LogP) is 1.57. The Balaban J connectivity index is 2.06. The van der Waals surface area contributed by atoms with Crippen LogP contribution in [0.4, 0.5) is 0 Å². The van der Waals surface area contributed by atoms with Crippen LogP contribution in [0.15, 0.2) is 16.9 Å². The number of aryl methyl sites for hydroxylation is 1. The number of likely N-dealkylation sites (tertiary alicyclic amines) is 1. The zero-order valence-corrected chi connectivity index (χ0v) is 12.1. The van der Waals surface area contributed by atoms with E-state index < -0.39 is 0 Å². The fourth-order valence-corrected chi connectivity index (χ4v) is 2.74. The van der Waals surface area contributed by atoms with E-state index in [1.54, 1.807) is 14.0 Å². The minimum absolute atomic E-state index is 0.0760. The van der Waals surface area contributed by atoms with Gasteiger partial charge in [-0.3, -0.25) is 9.59 Å². The first kappa shape index (κ1) is 14.8. The molecule has 2 heterocycles. The number of H-pyrrole nitrogens is 1. The number of amides is 1. The standard InChI is InChI=1S/C15H22N2O3/c1-11-8-13(18)9-14(16-11)15(19)17-6-3-4-12(10-17)5-7-20-2/h8-9,12H,3-7,10H2,1-2H3,(H,16,18)/t12-/m0/s1. The highest BCUT2D eigenvalue weighted by Crippen LogP contribution is 2.20. The summed E-state index contributed by atoms with van der Waals surface area (Å²) in [7, 11) is 1.70. The summed E-state index contributed by atoms with van der Waals surface area (Å²) in [5.41, 5.74) is 0.980. The molecule has 0 aliphatic carbocycles. The van der Waals surface area contributed by atoms with Gasteiger partial charge in [-0.1, -0.05) is 0 Å². The third-order valence-electron chi connectivity index (χ3n) is 3.74. The molecule has 1 aliphatic heterocycles. The lowest BCUT2D eigenvalue weighted by Crippen LogP contribution is -2.40. The van der Waals surface area contributed by atoms with Crippen molar-refractivity contribution in [2.75, 3.05) is 26.8 Å². The summed E-state index contributed by atoms with van der Waals surface area (Å²) < 4.78 is 5.11. The highest BCUT2D eigenvalue weighted by Gasteiger charge is 2.24. The van der Waals surface area contributed by atoms with Gasteiger partial charge in [0.1, 0.15) is 5.69 Å². The van der Waals surface area contributed by atoms with E-state index in [0.29, 0.717) is 17.3 Å². The lowest BCUT2D eigenvalue weighted by atomic mass is 9.95. The SMILES string of the molecule is COCC[C@@H]1CCCN(C(=O)c2cc(=O)cc(C)[nH]2)C1. The third-order valence-corrected chi connectivity index (χ3v) is 3.74. The van der Waals surface area contributed by atoms with Crippen LogP contribution in [0, 0.1) is 12.8 Å². The second kappa shape index (κ2) is 6.70. The van der Waals surface area contributed by atoms with Crippen LogP contribution in [0.3, 0.4) is 0 Å². The second-order valence-electron chi connectivity index (χ2n) is 5.45. The van der Waals surface area contributed by atoms with Crippen molar-refractivity contribution in [2.24, 2.45) is 5.92 Å². The number of nitrogens with one attached hydrogen (secondary N) is 1. The van der Waals surface area contributed by atoms with Gasteiger partial charge in [0.05, 0.1) is 0 Å². The van der Waals surface area contributed by atoms with E-state index in [1.165, 1.54) is 12.1 Å². The van der Waals surface area contributed by atoms with Crippen molar-refractivity contribution in [3.63, 3.8) is 0 Å². The highest BCUT2D eigenvalue weighted by atomic mass is 16.5. The summed E-state index contributed by atoms with van der Waals surface area (Å²) in [4.78, 5) is 28.8. The van der Waals surface area contributed by atoms with Gasteiger partial charge >= 0.3 is 0 Å². The van der Waals surface area contributed by atoms with Crippen LogP contribution in [-0.2, 0) is 4.74 Å². The van der Waals surface area contributed by atoms with Gasteiger partial charge < -0.3 is 14.6 Å². The molecular formula is C15H22N2O3. The zero-order chi connectivity index (χ0) is 14.5. The molecule has 1 amide bonds. The number of hydrogen-bond donors (Lipinski definition) is 1. The average molecular weight is 278 g/mol. The van der Waals surface area contributed by atoms with Gasteiger partial charge in [-0.05, 0) is 32.1 Å². The van der Waals surface area contributed by atoms with Crippen LogP contribution in [0.1, 0.15) is 35.4 Å². The van der Waals surface area contributed by atoms with Crippen molar-refractivity contribution in [3.05, 3.63) is 33.7 Å². The minimum atomic E-state index is -0.127. The molecule has 5 nitrogen and oxygen atoms in total. The van der Waals surface area contributed by atoms with E-state index in [2.05, 4.69) is 4.98 Å². The largest absolute Gasteiger partial charge is 0.385 e. The number of hydrogen-bond acceptors (Lipinski definition) is 3. The molecule has 1 saturated heterocycles. The summed E-state index contributed by atoms with van der Waals surface area (Å²) >= 11 is 0. The van der Waals surface area contributed by atoms with Gasteiger partial charge in [0.25, 0.3) is 5.91 Å². The molecule has 1 atom stereocenters. The molecule has 2 rings (SSSR count). The van der Waals surface area contributed by atoms with Gasteiger partial charge in [0.15, 0.2) is 5.43 Å². The maximum absolute atomic E-state index is 12.4. The molecule has 0 spiro atoms. The number of carbonyl (C=O) groups is 1. The highest BCUT2D eigenvalue weighted by molar-refractivity contribution is 5.92. The van der Waals surface area contributed by atoms with Crippen LogP contribution in [0.2, 0.25) is 0 Å². The summed E-state index contributed by atoms with van der Waals surface area (Å²) in [6.07, 6.45) is 3.12. The van der Waals surface area contributed by atoms with Crippen LogP contribution in [0.25, 0.3) is 0 Å². The van der Waals surface area contributed by atoms with Gasteiger partial charge in [0, 0.05) is 44.6 Å². The fourth-order valence-electron chi connectivity index (χ4n) is 2.74. The molecule has 1 N–H and O–H groups in total. The van der Waals surface area contributed by atoms with Crippen molar-refractivity contribution in [2.45, 2.75) is 26.2 Å². The van der Waals surface area contributed by atoms with Crippen LogP contribution in [-0.4, -0.2) is 42.6 Å². The first-order valence-corrected chi connectivity index (χ1v) is 7.09. The Labute approximate surface area is 118 Å². The van der Waals surface area contributed by atoms with Gasteiger partial charge in [-0.15, -0.1) is 0 Å². The van der Waals surface area contributed by atoms with E-state index >= 15 is 0 Å². The van der Waals surface area contributed by atoms with Gasteiger partial charge in [-0.2, -0.15) is 0 Å². The topological polar surface area (TPSA) is 62.4 Å². The molecule has 1 aromatic heterocycles. The molecule has 0 radical (unpaired) electrons. The smallest absolute Gasteiger partial charge is 0.270 e. The number of methoxy groups -OCH3 is 1. The Bertz CT molecular complexity index is 524. The first-order chi connectivity index (χ1) is 9.60. The van der Waals surface area contributed by atoms with Crippen LogP contribution >= 0.6 is 0 Å². The molecule has 1 aliphatic rings. The quantitative estimate of drug-likeness (QED) is 0.909. The van der Waals surface area contributed by atoms with E-state index in [9.17, 15) is 9.59 Å². The normalized spacial score (nSPS) is 19.1. The van der Waals surface area contributed by atoms with Crippen molar-refractivity contribution in [3.8, 4) is 0 Å². The molecule has 1 fully saturated rings. The maximum atomic E-state index is 12.4. The average Bonchev–Trinajstić information content (AvgIpc) is 2.43. The number of piperidine rings is 1. The number of aromatic nitrogens is 1. The number of carbonyl (C=O) groups excluding carboxylic acids is 1. The summed E-state index contributed by atoms with van der Waals surface area (Å²) in [5, 5.41) is 0. The third kappa shape index (κ3) is 3.70. The maximum Gasteiger partial charge on any atom is 0.270 e. The number of rotatable bonds is 4. The number of pyridine rings is 1. The number of aromatic amines is 1. The van der Waals surface area contributed by atoms with E-state index in [1.807, 2.05) is 4.90 Å². The molecule has 20 heavy (non-hydrogen) atoms. The Kier molecular flexibility index (Phi) is 4.95. The molecule has 0 bridgehead atoms. The van der Waals surface area contributed by atoms with Crippen LogP contribution < -0.4 is 5.43 Å². The lowest BCUT2D eigenvalue weighted by Gasteiger charge is -2.32. The monoisotopic (exact) mass is 278 g/mol. The first-order valence-electron chi connectivity index (χ1n) is 7.09. The summed E-state index contributed by atoms with van der Waals surface area (Å²) in [6.45, 7) is 4.03. The molecule has 1 aromatic rings. The van der Waals surface area contributed by atoms with E-state index in [-0.39, 0.29) is 11.3 Å². The Morgan fingerprint density at radius 2 is 2.30 bits per heavy atom. The molecule has 0 saturated carbocycles. The van der Waals surface area contributed by atoms with Crippen molar-refractivity contribution in [1.82, 2.24) is 9.88 Å². The number of ether oxygens (including phenoxy) is 1. The van der Waals surface area contributed by atoms with Gasteiger partial charge in [-0.25, -0.2) is 0 Å². The van der Waals surface area contributed by atoms with Gasteiger partial charge in [0.2, 0.25) is 0 Å². The minimum Gasteiger partial charge on any atom is -0.385 e.